The van der Waals surface area contributed by atoms with E-state index in [9.17, 15) is 9.18 Å². The van der Waals surface area contributed by atoms with Crippen molar-refractivity contribution in [2.24, 2.45) is 5.92 Å². The SMILES string of the molecule is CN(Cc1ccccc1)C(=O)[C@@H]1CCCN(Cc2cccc(F)c2)C1. The van der Waals surface area contributed by atoms with E-state index in [1.807, 2.05) is 48.3 Å². The number of piperidine rings is 1. The molecule has 3 nitrogen and oxygen atoms in total. The van der Waals surface area contributed by atoms with E-state index in [1.165, 1.54) is 6.07 Å². The molecule has 0 radical (unpaired) electrons. The molecule has 1 aliphatic heterocycles. The Morgan fingerprint density at radius 2 is 1.92 bits per heavy atom. The first-order chi connectivity index (χ1) is 12.1. The van der Waals surface area contributed by atoms with Gasteiger partial charge in [0.05, 0.1) is 5.92 Å². The normalized spacial score (nSPS) is 18.1. The molecule has 0 bridgehead atoms. The molecule has 3 rings (SSSR count). The van der Waals surface area contributed by atoms with Gasteiger partial charge in [-0.05, 0) is 42.6 Å². The Balaban J connectivity index is 1.57. The third-order valence-corrected chi connectivity index (χ3v) is 4.79. The van der Waals surface area contributed by atoms with Crippen molar-refractivity contribution in [3.05, 3.63) is 71.5 Å². The first-order valence-corrected chi connectivity index (χ1v) is 8.87. The van der Waals surface area contributed by atoms with Crippen molar-refractivity contribution in [3.63, 3.8) is 0 Å². The second-order valence-corrected chi connectivity index (χ2v) is 6.88. The van der Waals surface area contributed by atoms with E-state index in [0.717, 1.165) is 37.1 Å². The predicted octanol–water partition coefficient (Wildman–Crippen LogP) is 3.70. The van der Waals surface area contributed by atoms with Crippen LogP contribution in [0.1, 0.15) is 24.0 Å². The molecule has 0 aliphatic carbocycles. The van der Waals surface area contributed by atoms with E-state index in [4.69, 9.17) is 0 Å². The quantitative estimate of drug-likeness (QED) is 0.829. The summed E-state index contributed by atoms with van der Waals surface area (Å²) in [5.74, 6) is 0.0218. The van der Waals surface area contributed by atoms with E-state index in [1.54, 1.807) is 12.1 Å². The summed E-state index contributed by atoms with van der Waals surface area (Å²) in [5.41, 5.74) is 2.11. The van der Waals surface area contributed by atoms with E-state index in [-0.39, 0.29) is 17.6 Å². The molecule has 0 spiro atoms. The number of hydrogen-bond donors (Lipinski definition) is 0. The standard InChI is InChI=1S/C21H25FN2O/c1-23(14-17-7-3-2-4-8-17)21(25)19-10-6-12-24(16-19)15-18-9-5-11-20(22)13-18/h2-5,7-9,11,13,19H,6,10,12,14-16H2,1H3/t19-/m1/s1. The van der Waals surface area contributed by atoms with Crippen LogP contribution in [0.4, 0.5) is 4.39 Å². The number of likely N-dealkylation sites (tertiary alicyclic amines) is 1. The van der Waals surface area contributed by atoms with Crippen LogP contribution in [0.3, 0.4) is 0 Å². The minimum absolute atomic E-state index is 0.0241. The lowest BCUT2D eigenvalue weighted by Crippen LogP contribution is -2.43. The largest absolute Gasteiger partial charge is 0.341 e. The molecule has 2 aromatic rings. The third kappa shape index (κ3) is 4.89. The van der Waals surface area contributed by atoms with Gasteiger partial charge in [0.1, 0.15) is 5.82 Å². The highest BCUT2D eigenvalue weighted by Gasteiger charge is 2.28. The zero-order valence-electron chi connectivity index (χ0n) is 14.7. The van der Waals surface area contributed by atoms with Crippen LogP contribution in [0.15, 0.2) is 54.6 Å². The highest BCUT2D eigenvalue weighted by molar-refractivity contribution is 5.78. The van der Waals surface area contributed by atoms with Gasteiger partial charge in [0.25, 0.3) is 0 Å². The molecular weight excluding hydrogens is 315 g/mol. The molecule has 1 fully saturated rings. The van der Waals surface area contributed by atoms with Crippen molar-refractivity contribution in [2.45, 2.75) is 25.9 Å². The molecule has 0 aromatic heterocycles. The topological polar surface area (TPSA) is 23.6 Å². The second-order valence-electron chi connectivity index (χ2n) is 6.88. The van der Waals surface area contributed by atoms with Gasteiger partial charge >= 0.3 is 0 Å². The van der Waals surface area contributed by atoms with Gasteiger partial charge in [-0.15, -0.1) is 0 Å². The molecule has 2 aromatic carbocycles. The van der Waals surface area contributed by atoms with Gasteiger partial charge in [-0.1, -0.05) is 42.5 Å². The number of carbonyl (C=O) groups excluding carboxylic acids is 1. The molecule has 0 saturated carbocycles. The maximum Gasteiger partial charge on any atom is 0.227 e. The number of carbonyl (C=O) groups is 1. The minimum Gasteiger partial charge on any atom is -0.341 e. The zero-order valence-corrected chi connectivity index (χ0v) is 14.7. The molecule has 1 heterocycles. The van der Waals surface area contributed by atoms with Crippen LogP contribution in [0.5, 0.6) is 0 Å². The van der Waals surface area contributed by atoms with Gasteiger partial charge in [0, 0.05) is 26.7 Å². The number of benzene rings is 2. The molecule has 1 atom stereocenters. The van der Waals surface area contributed by atoms with Gasteiger partial charge in [-0.2, -0.15) is 0 Å². The van der Waals surface area contributed by atoms with E-state index in [0.29, 0.717) is 13.1 Å². The lowest BCUT2D eigenvalue weighted by atomic mass is 9.96. The molecule has 132 valence electrons. The average molecular weight is 340 g/mol. The predicted molar refractivity (Wildman–Crippen MR) is 97.3 cm³/mol. The van der Waals surface area contributed by atoms with Crippen molar-refractivity contribution >= 4 is 5.91 Å². The molecule has 25 heavy (non-hydrogen) atoms. The van der Waals surface area contributed by atoms with Crippen molar-refractivity contribution < 1.29 is 9.18 Å². The fraction of sp³-hybridized carbons (Fsp3) is 0.381. The van der Waals surface area contributed by atoms with Gasteiger partial charge in [-0.3, -0.25) is 9.69 Å². The Labute approximate surface area is 149 Å². The average Bonchev–Trinajstić information content (AvgIpc) is 2.62. The maximum atomic E-state index is 13.4. The van der Waals surface area contributed by atoms with Crippen molar-refractivity contribution in [1.82, 2.24) is 9.80 Å². The summed E-state index contributed by atoms with van der Waals surface area (Å²) in [6, 6.07) is 16.8. The van der Waals surface area contributed by atoms with E-state index in [2.05, 4.69) is 4.90 Å². The Bertz CT molecular complexity index is 704. The highest BCUT2D eigenvalue weighted by Crippen LogP contribution is 2.21. The smallest absolute Gasteiger partial charge is 0.227 e. The lowest BCUT2D eigenvalue weighted by Gasteiger charge is -2.34. The van der Waals surface area contributed by atoms with Gasteiger partial charge in [-0.25, -0.2) is 4.39 Å². The Kier molecular flexibility index (Phi) is 5.82. The van der Waals surface area contributed by atoms with Crippen LogP contribution in [-0.4, -0.2) is 35.8 Å². The van der Waals surface area contributed by atoms with Crippen LogP contribution in [0.2, 0.25) is 0 Å². The fourth-order valence-corrected chi connectivity index (χ4v) is 3.54. The highest BCUT2D eigenvalue weighted by atomic mass is 19.1. The first kappa shape index (κ1) is 17.6. The van der Waals surface area contributed by atoms with Crippen LogP contribution < -0.4 is 0 Å². The van der Waals surface area contributed by atoms with Crippen molar-refractivity contribution in [3.8, 4) is 0 Å². The lowest BCUT2D eigenvalue weighted by molar-refractivity contribution is -0.136. The van der Waals surface area contributed by atoms with Gasteiger partial charge in [0.15, 0.2) is 0 Å². The summed E-state index contributed by atoms with van der Waals surface area (Å²) in [7, 11) is 1.88. The zero-order chi connectivity index (χ0) is 17.6. The summed E-state index contributed by atoms with van der Waals surface area (Å²) < 4.78 is 13.4. The number of rotatable bonds is 5. The molecule has 0 N–H and O–H groups in total. The Hall–Kier alpha value is -2.20. The molecule has 1 saturated heterocycles. The van der Waals surface area contributed by atoms with Crippen molar-refractivity contribution in [1.29, 1.82) is 0 Å². The number of amides is 1. The van der Waals surface area contributed by atoms with Crippen molar-refractivity contribution in [2.75, 3.05) is 20.1 Å². The first-order valence-electron chi connectivity index (χ1n) is 8.87. The molecule has 4 heteroatoms. The summed E-state index contributed by atoms with van der Waals surface area (Å²) in [5, 5.41) is 0. The monoisotopic (exact) mass is 340 g/mol. The molecule has 1 amide bonds. The van der Waals surface area contributed by atoms with Gasteiger partial charge < -0.3 is 4.90 Å². The maximum absolute atomic E-state index is 13.4. The summed E-state index contributed by atoms with van der Waals surface area (Å²) in [4.78, 5) is 16.9. The number of hydrogen-bond acceptors (Lipinski definition) is 2. The summed E-state index contributed by atoms with van der Waals surface area (Å²) in [6.45, 7) is 3.04. The van der Waals surface area contributed by atoms with Crippen LogP contribution in [-0.2, 0) is 17.9 Å². The van der Waals surface area contributed by atoms with E-state index >= 15 is 0 Å². The van der Waals surface area contributed by atoms with Crippen LogP contribution in [0, 0.1) is 11.7 Å². The molecule has 1 aliphatic rings. The minimum atomic E-state index is -0.204. The summed E-state index contributed by atoms with van der Waals surface area (Å²) >= 11 is 0. The summed E-state index contributed by atoms with van der Waals surface area (Å²) in [6.07, 6.45) is 1.93. The molecular formula is C21H25FN2O. The van der Waals surface area contributed by atoms with Crippen LogP contribution in [0.25, 0.3) is 0 Å². The Morgan fingerprint density at radius 3 is 2.68 bits per heavy atom. The van der Waals surface area contributed by atoms with Crippen LogP contribution >= 0.6 is 0 Å². The number of nitrogens with zero attached hydrogens (tertiary/aromatic N) is 2. The number of halogens is 1. The Morgan fingerprint density at radius 1 is 1.16 bits per heavy atom. The third-order valence-electron chi connectivity index (χ3n) is 4.79. The van der Waals surface area contributed by atoms with Gasteiger partial charge in [0.2, 0.25) is 5.91 Å². The van der Waals surface area contributed by atoms with E-state index < -0.39 is 0 Å². The second kappa shape index (κ2) is 8.26. The fourth-order valence-electron chi connectivity index (χ4n) is 3.54. The molecule has 0 unspecified atom stereocenters.